The third kappa shape index (κ3) is 3.86. The molecule has 0 aliphatic carbocycles. The topological polar surface area (TPSA) is 72.7 Å². The van der Waals surface area contributed by atoms with Crippen molar-refractivity contribution in [1.29, 1.82) is 0 Å². The Morgan fingerprint density at radius 1 is 1.17 bits per heavy atom. The molecular weight excluding hydrogens is 370 g/mol. The lowest BCUT2D eigenvalue weighted by atomic mass is 10.1. The summed E-state index contributed by atoms with van der Waals surface area (Å²) < 4.78 is 0.881. The van der Waals surface area contributed by atoms with Gasteiger partial charge in [0.05, 0.1) is 6.04 Å². The molecule has 3 aromatic rings. The molecule has 6 nitrogen and oxygen atoms in total. The Kier molecular flexibility index (Phi) is 5.00. The fraction of sp³-hybridized carbons (Fsp3) is 0.176. The summed E-state index contributed by atoms with van der Waals surface area (Å²) in [7, 11) is 0. The first-order valence-corrected chi connectivity index (χ1v) is 8.30. The molecule has 0 spiro atoms. The first kappa shape index (κ1) is 16.3. The normalized spacial score (nSPS) is 11.9. The largest absolute Gasteiger partial charge is 0.348 e. The fourth-order valence-corrected chi connectivity index (χ4v) is 2.76. The van der Waals surface area contributed by atoms with Crippen molar-refractivity contribution in [3.63, 3.8) is 0 Å². The highest BCUT2D eigenvalue weighted by Gasteiger charge is 2.13. The molecule has 0 bridgehead atoms. The smallest absolute Gasteiger partial charge is 0.244 e. The number of amides is 1. The van der Waals surface area contributed by atoms with Gasteiger partial charge in [0.2, 0.25) is 11.7 Å². The van der Waals surface area contributed by atoms with E-state index in [1.165, 1.54) is 4.80 Å². The maximum atomic E-state index is 12.2. The fourth-order valence-electron chi connectivity index (χ4n) is 2.30. The summed E-state index contributed by atoms with van der Waals surface area (Å²) >= 11 is 3.46. The molecule has 0 fully saturated rings. The zero-order chi connectivity index (χ0) is 16.9. The van der Waals surface area contributed by atoms with Crippen LogP contribution in [0.3, 0.4) is 0 Å². The summed E-state index contributed by atoms with van der Waals surface area (Å²) in [4.78, 5) is 13.5. The van der Waals surface area contributed by atoms with Crippen LogP contribution in [0.25, 0.3) is 11.4 Å². The lowest BCUT2D eigenvalue weighted by Crippen LogP contribution is -2.30. The molecule has 0 aliphatic rings. The number of carbonyl (C=O) groups is 1. The van der Waals surface area contributed by atoms with Crippen LogP contribution in [-0.2, 0) is 11.3 Å². The van der Waals surface area contributed by atoms with Crippen LogP contribution in [0.4, 0.5) is 0 Å². The minimum Gasteiger partial charge on any atom is -0.348 e. The molecule has 1 aromatic heterocycles. The van der Waals surface area contributed by atoms with Gasteiger partial charge in [-0.1, -0.05) is 58.4 Å². The number of nitrogens with zero attached hydrogens (tertiary/aromatic N) is 4. The molecule has 2 aromatic carbocycles. The molecule has 0 saturated carbocycles. The number of benzene rings is 2. The molecule has 3 rings (SSSR count). The van der Waals surface area contributed by atoms with Crippen LogP contribution in [-0.4, -0.2) is 26.1 Å². The summed E-state index contributed by atoms with van der Waals surface area (Å²) in [5, 5.41) is 15.2. The number of halogens is 1. The zero-order valence-corrected chi connectivity index (χ0v) is 14.6. The molecular formula is C17H16BrN5O. The second-order valence-corrected chi connectivity index (χ2v) is 6.18. The number of hydrogen-bond acceptors (Lipinski definition) is 4. The molecule has 7 heteroatoms. The first-order valence-electron chi connectivity index (χ1n) is 7.50. The van der Waals surface area contributed by atoms with E-state index in [1.54, 1.807) is 0 Å². The molecule has 0 saturated heterocycles. The molecule has 1 amide bonds. The van der Waals surface area contributed by atoms with E-state index in [9.17, 15) is 4.79 Å². The van der Waals surface area contributed by atoms with Gasteiger partial charge < -0.3 is 5.32 Å². The predicted octanol–water partition coefficient (Wildman–Crippen LogP) is 2.98. The van der Waals surface area contributed by atoms with Crippen molar-refractivity contribution in [3.05, 3.63) is 64.6 Å². The van der Waals surface area contributed by atoms with Crippen LogP contribution in [0.2, 0.25) is 0 Å². The van der Waals surface area contributed by atoms with Crippen LogP contribution < -0.4 is 5.32 Å². The van der Waals surface area contributed by atoms with E-state index >= 15 is 0 Å². The van der Waals surface area contributed by atoms with Gasteiger partial charge >= 0.3 is 0 Å². The zero-order valence-electron chi connectivity index (χ0n) is 13.1. The van der Waals surface area contributed by atoms with E-state index in [4.69, 9.17) is 0 Å². The Hall–Kier alpha value is -2.54. The highest BCUT2D eigenvalue weighted by Crippen LogP contribution is 2.24. The van der Waals surface area contributed by atoms with E-state index in [0.717, 1.165) is 15.6 Å². The second kappa shape index (κ2) is 7.35. The van der Waals surface area contributed by atoms with Crippen molar-refractivity contribution < 1.29 is 4.79 Å². The maximum Gasteiger partial charge on any atom is 0.244 e. The van der Waals surface area contributed by atoms with Crippen LogP contribution in [0.15, 0.2) is 59.1 Å². The number of hydrogen-bond donors (Lipinski definition) is 1. The van der Waals surface area contributed by atoms with Gasteiger partial charge in [0.1, 0.15) is 6.54 Å². The van der Waals surface area contributed by atoms with E-state index in [-0.39, 0.29) is 18.5 Å². The van der Waals surface area contributed by atoms with Gasteiger partial charge in [0.15, 0.2) is 0 Å². The van der Waals surface area contributed by atoms with Crippen molar-refractivity contribution in [2.45, 2.75) is 19.5 Å². The molecule has 0 unspecified atom stereocenters. The maximum absolute atomic E-state index is 12.2. The Morgan fingerprint density at radius 3 is 2.62 bits per heavy atom. The van der Waals surface area contributed by atoms with Crippen LogP contribution in [0.5, 0.6) is 0 Å². The molecule has 122 valence electrons. The standard InChI is InChI=1S/C17H16BrN5O/c1-12(13-7-3-2-4-8-13)19-16(24)11-23-21-17(20-22-23)14-9-5-6-10-15(14)18/h2-10,12H,11H2,1H3,(H,19,24)/t12-/m0/s1. The molecule has 24 heavy (non-hydrogen) atoms. The Morgan fingerprint density at radius 2 is 1.88 bits per heavy atom. The highest BCUT2D eigenvalue weighted by atomic mass is 79.9. The SMILES string of the molecule is C[C@H](NC(=O)Cn1nnc(-c2ccccc2Br)n1)c1ccccc1. The average Bonchev–Trinajstić information content (AvgIpc) is 3.04. The van der Waals surface area contributed by atoms with Gasteiger partial charge in [-0.05, 0) is 29.8 Å². The van der Waals surface area contributed by atoms with Gasteiger partial charge in [-0.25, -0.2) is 0 Å². The quantitative estimate of drug-likeness (QED) is 0.732. The van der Waals surface area contributed by atoms with Gasteiger partial charge in [0, 0.05) is 10.0 Å². The third-order valence-corrected chi connectivity index (χ3v) is 4.22. The predicted molar refractivity (Wildman–Crippen MR) is 94.0 cm³/mol. The number of aromatic nitrogens is 4. The number of nitrogens with one attached hydrogen (secondary N) is 1. The minimum absolute atomic E-state index is 0.0224. The Balaban J connectivity index is 1.65. The van der Waals surface area contributed by atoms with E-state index in [1.807, 2.05) is 61.5 Å². The van der Waals surface area contributed by atoms with Crippen molar-refractivity contribution in [2.75, 3.05) is 0 Å². The summed E-state index contributed by atoms with van der Waals surface area (Å²) in [5.41, 5.74) is 1.88. The Bertz CT molecular complexity index is 834. The van der Waals surface area contributed by atoms with E-state index in [2.05, 4.69) is 36.7 Å². The summed E-state index contributed by atoms with van der Waals surface area (Å²) in [5.74, 6) is 0.314. The van der Waals surface area contributed by atoms with Crippen molar-refractivity contribution in [3.8, 4) is 11.4 Å². The van der Waals surface area contributed by atoms with Crippen molar-refractivity contribution >= 4 is 21.8 Å². The monoisotopic (exact) mass is 385 g/mol. The average molecular weight is 386 g/mol. The molecule has 1 atom stereocenters. The summed E-state index contributed by atoms with van der Waals surface area (Å²) in [6.07, 6.45) is 0. The van der Waals surface area contributed by atoms with Gasteiger partial charge in [-0.15, -0.1) is 10.2 Å². The lowest BCUT2D eigenvalue weighted by molar-refractivity contribution is -0.122. The summed E-state index contributed by atoms with van der Waals surface area (Å²) in [6.45, 7) is 1.96. The number of carbonyl (C=O) groups excluding carboxylic acids is 1. The Labute approximate surface area is 148 Å². The highest BCUT2D eigenvalue weighted by molar-refractivity contribution is 9.10. The van der Waals surface area contributed by atoms with Crippen LogP contribution >= 0.6 is 15.9 Å². The van der Waals surface area contributed by atoms with E-state index < -0.39 is 0 Å². The number of tetrazole rings is 1. The van der Waals surface area contributed by atoms with Gasteiger partial charge in [-0.3, -0.25) is 4.79 Å². The van der Waals surface area contributed by atoms with Gasteiger partial charge in [0.25, 0.3) is 0 Å². The van der Waals surface area contributed by atoms with Crippen molar-refractivity contribution in [2.24, 2.45) is 0 Å². The van der Waals surface area contributed by atoms with Crippen LogP contribution in [0.1, 0.15) is 18.5 Å². The molecule has 1 heterocycles. The molecule has 0 radical (unpaired) electrons. The molecule has 0 aliphatic heterocycles. The van der Waals surface area contributed by atoms with Crippen molar-refractivity contribution in [1.82, 2.24) is 25.5 Å². The first-order chi connectivity index (χ1) is 11.6. The lowest BCUT2D eigenvalue weighted by Gasteiger charge is -2.13. The second-order valence-electron chi connectivity index (χ2n) is 5.32. The van der Waals surface area contributed by atoms with Gasteiger partial charge in [-0.2, -0.15) is 4.80 Å². The number of rotatable bonds is 5. The molecule has 1 N–H and O–H groups in total. The van der Waals surface area contributed by atoms with E-state index in [0.29, 0.717) is 5.82 Å². The summed E-state index contributed by atoms with van der Waals surface area (Å²) in [6, 6.07) is 17.3. The third-order valence-electron chi connectivity index (χ3n) is 3.53. The minimum atomic E-state index is -0.164. The van der Waals surface area contributed by atoms with Crippen LogP contribution in [0, 0.1) is 0 Å².